The van der Waals surface area contributed by atoms with Crippen LogP contribution in [-0.2, 0) is 9.53 Å². The number of hydrogen-bond acceptors (Lipinski definition) is 5. The molecule has 6 heteroatoms. The zero-order valence-electron chi connectivity index (χ0n) is 11.8. The molecule has 1 fully saturated rings. The summed E-state index contributed by atoms with van der Waals surface area (Å²) in [7, 11) is 0. The fourth-order valence-electron chi connectivity index (χ4n) is 2.58. The molecule has 0 saturated carbocycles. The van der Waals surface area contributed by atoms with Crippen LogP contribution in [0.2, 0.25) is 4.34 Å². The van der Waals surface area contributed by atoms with Crippen molar-refractivity contribution in [2.75, 3.05) is 19.7 Å². The summed E-state index contributed by atoms with van der Waals surface area (Å²) in [6, 6.07) is 0.00431. The summed E-state index contributed by atoms with van der Waals surface area (Å²) in [4.78, 5) is 18.6. The lowest BCUT2D eigenvalue weighted by Gasteiger charge is -2.28. The molecule has 1 aliphatic heterocycles. The first kappa shape index (κ1) is 15.7. The van der Waals surface area contributed by atoms with Gasteiger partial charge >= 0.3 is 5.97 Å². The summed E-state index contributed by atoms with van der Waals surface area (Å²) >= 11 is 7.46. The number of thiazole rings is 1. The monoisotopic (exact) mass is 316 g/mol. The zero-order valence-corrected chi connectivity index (χ0v) is 13.4. The summed E-state index contributed by atoms with van der Waals surface area (Å²) in [5.41, 5.74) is 0. The largest absolute Gasteiger partial charge is 0.466 e. The van der Waals surface area contributed by atoms with Gasteiger partial charge in [0.15, 0.2) is 0 Å². The molecular formula is C14H21ClN2O2S. The number of halogens is 1. The van der Waals surface area contributed by atoms with E-state index in [1.165, 1.54) is 37.0 Å². The number of ether oxygens (including phenoxy) is 1. The van der Waals surface area contributed by atoms with Crippen molar-refractivity contribution in [3.63, 3.8) is 0 Å². The van der Waals surface area contributed by atoms with Gasteiger partial charge in [-0.05, 0) is 32.9 Å². The topological polar surface area (TPSA) is 42.4 Å². The second-order valence-electron chi connectivity index (χ2n) is 4.98. The molecule has 0 spiro atoms. The molecule has 1 atom stereocenters. The van der Waals surface area contributed by atoms with Gasteiger partial charge in [-0.25, -0.2) is 4.98 Å². The van der Waals surface area contributed by atoms with Gasteiger partial charge in [0.1, 0.15) is 9.34 Å². The normalized spacial score (nSPS) is 18.5. The van der Waals surface area contributed by atoms with Gasteiger partial charge in [-0.3, -0.25) is 9.69 Å². The van der Waals surface area contributed by atoms with Crippen LogP contribution in [-0.4, -0.2) is 35.5 Å². The number of carbonyl (C=O) groups is 1. The Morgan fingerprint density at radius 2 is 2.15 bits per heavy atom. The van der Waals surface area contributed by atoms with E-state index in [1.807, 2.05) is 6.92 Å². The third kappa shape index (κ3) is 4.43. The molecule has 0 N–H and O–H groups in total. The van der Waals surface area contributed by atoms with Gasteiger partial charge in [0.25, 0.3) is 0 Å². The van der Waals surface area contributed by atoms with Crippen LogP contribution >= 0.6 is 22.9 Å². The molecule has 0 bridgehead atoms. The number of likely N-dealkylation sites (tertiary alicyclic amines) is 1. The maximum Gasteiger partial charge on any atom is 0.307 e. The van der Waals surface area contributed by atoms with E-state index in [4.69, 9.17) is 16.3 Å². The predicted octanol–water partition coefficient (Wildman–Crippen LogP) is 3.67. The van der Waals surface area contributed by atoms with Gasteiger partial charge in [0.2, 0.25) is 0 Å². The van der Waals surface area contributed by atoms with Crippen molar-refractivity contribution >= 4 is 28.9 Å². The fourth-order valence-corrected chi connectivity index (χ4v) is 3.64. The SMILES string of the molecule is CCOC(=O)CC(c1ncc(Cl)s1)N1CCCCCC1. The summed E-state index contributed by atoms with van der Waals surface area (Å²) in [6.45, 7) is 4.28. The molecule has 1 saturated heterocycles. The maximum absolute atomic E-state index is 11.9. The molecule has 112 valence electrons. The van der Waals surface area contributed by atoms with Crippen LogP contribution < -0.4 is 0 Å². The van der Waals surface area contributed by atoms with Gasteiger partial charge in [0, 0.05) is 0 Å². The van der Waals surface area contributed by atoms with Gasteiger partial charge in [-0.2, -0.15) is 0 Å². The molecular weight excluding hydrogens is 296 g/mol. The lowest BCUT2D eigenvalue weighted by Crippen LogP contribution is -2.31. The molecule has 0 amide bonds. The molecule has 4 nitrogen and oxygen atoms in total. The number of rotatable bonds is 5. The minimum Gasteiger partial charge on any atom is -0.466 e. The minimum atomic E-state index is -0.159. The third-order valence-electron chi connectivity index (χ3n) is 3.53. The molecule has 0 radical (unpaired) electrons. The van der Waals surface area contributed by atoms with Crippen molar-refractivity contribution in [2.45, 2.75) is 45.1 Å². The molecule has 2 rings (SSSR count). The van der Waals surface area contributed by atoms with Crippen LogP contribution in [0, 0.1) is 0 Å². The van der Waals surface area contributed by atoms with E-state index in [2.05, 4.69) is 9.88 Å². The van der Waals surface area contributed by atoms with Crippen LogP contribution in [0.3, 0.4) is 0 Å². The summed E-state index contributed by atoms with van der Waals surface area (Å²) in [6.07, 6.45) is 6.91. The van der Waals surface area contributed by atoms with E-state index in [0.29, 0.717) is 17.4 Å². The number of esters is 1. The van der Waals surface area contributed by atoms with Gasteiger partial charge in [-0.1, -0.05) is 24.4 Å². The van der Waals surface area contributed by atoms with Crippen LogP contribution in [0.1, 0.15) is 50.1 Å². The Balaban J connectivity index is 2.12. The van der Waals surface area contributed by atoms with Gasteiger partial charge in [-0.15, -0.1) is 11.3 Å². The molecule has 1 unspecified atom stereocenters. The van der Waals surface area contributed by atoms with Crippen molar-refractivity contribution < 1.29 is 9.53 Å². The molecule has 2 heterocycles. The van der Waals surface area contributed by atoms with Crippen LogP contribution in [0.4, 0.5) is 0 Å². The predicted molar refractivity (Wildman–Crippen MR) is 81.2 cm³/mol. The minimum absolute atomic E-state index is 0.00431. The van der Waals surface area contributed by atoms with Crippen LogP contribution in [0.25, 0.3) is 0 Å². The Kier molecular flexibility index (Phi) is 6.26. The molecule has 1 aromatic heterocycles. The van der Waals surface area contributed by atoms with Crippen molar-refractivity contribution in [2.24, 2.45) is 0 Å². The van der Waals surface area contributed by atoms with Crippen molar-refractivity contribution in [1.82, 2.24) is 9.88 Å². The Bertz CT molecular complexity index is 431. The summed E-state index contributed by atoms with van der Waals surface area (Å²) in [5, 5.41) is 0.921. The number of aromatic nitrogens is 1. The molecule has 20 heavy (non-hydrogen) atoms. The second-order valence-corrected chi connectivity index (χ2v) is 6.67. The zero-order chi connectivity index (χ0) is 14.4. The van der Waals surface area contributed by atoms with E-state index in [0.717, 1.165) is 18.1 Å². The highest BCUT2D eigenvalue weighted by Gasteiger charge is 2.27. The Labute approximate surface area is 129 Å². The summed E-state index contributed by atoms with van der Waals surface area (Å²) < 4.78 is 5.77. The Morgan fingerprint density at radius 1 is 1.45 bits per heavy atom. The fraction of sp³-hybridized carbons (Fsp3) is 0.714. The number of hydrogen-bond donors (Lipinski definition) is 0. The first-order valence-electron chi connectivity index (χ1n) is 7.21. The number of nitrogens with zero attached hydrogens (tertiary/aromatic N) is 2. The maximum atomic E-state index is 11.9. The van der Waals surface area contributed by atoms with E-state index < -0.39 is 0 Å². The highest BCUT2D eigenvalue weighted by atomic mass is 35.5. The van der Waals surface area contributed by atoms with E-state index in [1.54, 1.807) is 6.20 Å². The first-order valence-corrected chi connectivity index (χ1v) is 8.41. The smallest absolute Gasteiger partial charge is 0.307 e. The number of carbonyl (C=O) groups excluding carboxylic acids is 1. The average Bonchev–Trinajstić information content (AvgIpc) is 2.69. The van der Waals surface area contributed by atoms with Crippen molar-refractivity contribution in [1.29, 1.82) is 0 Å². The van der Waals surface area contributed by atoms with E-state index >= 15 is 0 Å². The molecule has 1 aliphatic rings. The van der Waals surface area contributed by atoms with Crippen LogP contribution in [0.5, 0.6) is 0 Å². The third-order valence-corrected chi connectivity index (χ3v) is 4.74. The van der Waals surface area contributed by atoms with Gasteiger partial charge in [0.05, 0.1) is 25.3 Å². The first-order chi connectivity index (χ1) is 9.70. The lowest BCUT2D eigenvalue weighted by atomic mass is 10.1. The van der Waals surface area contributed by atoms with Crippen molar-refractivity contribution in [3.05, 3.63) is 15.5 Å². The molecule has 1 aromatic rings. The van der Waals surface area contributed by atoms with E-state index in [-0.39, 0.29) is 12.0 Å². The van der Waals surface area contributed by atoms with Crippen LogP contribution in [0.15, 0.2) is 6.20 Å². The lowest BCUT2D eigenvalue weighted by molar-refractivity contribution is -0.144. The van der Waals surface area contributed by atoms with Crippen molar-refractivity contribution in [3.8, 4) is 0 Å². The standard InChI is InChI=1S/C14H21ClN2O2S/c1-2-19-13(18)9-11(14-16-10-12(15)20-14)17-7-5-3-4-6-8-17/h10-11H,2-9H2,1H3. The van der Waals surface area contributed by atoms with E-state index in [9.17, 15) is 4.79 Å². The Hall–Kier alpha value is -0.650. The average molecular weight is 317 g/mol. The highest BCUT2D eigenvalue weighted by molar-refractivity contribution is 7.15. The molecule has 0 aromatic carbocycles. The quantitative estimate of drug-likeness (QED) is 0.777. The highest BCUT2D eigenvalue weighted by Crippen LogP contribution is 2.32. The Morgan fingerprint density at radius 3 is 2.70 bits per heavy atom. The van der Waals surface area contributed by atoms with Gasteiger partial charge < -0.3 is 4.74 Å². The summed E-state index contributed by atoms with van der Waals surface area (Å²) in [5.74, 6) is -0.159. The second kappa shape index (κ2) is 7.96. The molecule has 0 aliphatic carbocycles.